The molecule has 0 spiro atoms. The molecule has 1 aliphatic rings. The third-order valence-corrected chi connectivity index (χ3v) is 4.38. The van der Waals surface area contributed by atoms with Gasteiger partial charge in [-0.1, -0.05) is 36.7 Å². The van der Waals surface area contributed by atoms with Crippen LogP contribution in [-0.2, 0) is 11.2 Å². The van der Waals surface area contributed by atoms with Crippen molar-refractivity contribution in [3.8, 4) is 5.75 Å². The fraction of sp³-hybridized carbons (Fsp3) is 0.500. The van der Waals surface area contributed by atoms with Gasteiger partial charge in [-0.2, -0.15) is 4.98 Å². The maximum atomic E-state index is 12.3. The van der Waals surface area contributed by atoms with E-state index >= 15 is 0 Å². The second-order valence-corrected chi connectivity index (χ2v) is 6.93. The molecular weight excluding hydrogens is 342 g/mol. The van der Waals surface area contributed by atoms with Crippen molar-refractivity contribution >= 4 is 17.5 Å². The second kappa shape index (κ2) is 7.87. The summed E-state index contributed by atoms with van der Waals surface area (Å²) in [7, 11) is 0. The molecule has 1 aliphatic heterocycles. The summed E-state index contributed by atoms with van der Waals surface area (Å²) in [4.78, 5) is 16.6. The molecule has 1 amide bonds. The molecule has 0 fully saturated rings. The average Bonchev–Trinajstić information content (AvgIpc) is 2.97. The van der Waals surface area contributed by atoms with Crippen LogP contribution in [-0.4, -0.2) is 22.7 Å². The van der Waals surface area contributed by atoms with E-state index in [1.54, 1.807) is 6.07 Å². The number of ether oxygens (including phenoxy) is 1. The van der Waals surface area contributed by atoms with Crippen molar-refractivity contribution in [2.75, 3.05) is 6.61 Å². The number of carbonyl (C=O) groups is 1. The molecule has 0 aliphatic carbocycles. The Labute approximate surface area is 151 Å². The summed E-state index contributed by atoms with van der Waals surface area (Å²) in [6, 6.07) is 5.46. The summed E-state index contributed by atoms with van der Waals surface area (Å²) in [6.07, 6.45) is 2.44. The van der Waals surface area contributed by atoms with Crippen LogP contribution >= 0.6 is 11.6 Å². The van der Waals surface area contributed by atoms with E-state index in [2.05, 4.69) is 15.5 Å². The molecule has 1 atom stereocenters. The van der Waals surface area contributed by atoms with Gasteiger partial charge in [-0.05, 0) is 25.0 Å². The van der Waals surface area contributed by atoms with E-state index in [0.717, 1.165) is 24.2 Å². The van der Waals surface area contributed by atoms with Gasteiger partial charge in [0.15, 0.2) is 5.82 Å². The summed E-state index contributed by atoms with van der Waals surface area (Å²) >= 11 is 6.03. The largest absolute Gasteiger partial charge is 0.493 e. The zero-order chi connectivity index (χ0) is 17.8. The maximum absolute atomic E-state index is 12.3. The van der Waals surface area contributed by atoms with Crippen molar-refractivity contribution in [3.63, 3.8) is 0 Å². The first-order chi connectivity index (χ1) is 12.0. The Kier molecular flexibility index (Phi) is 5.58. The number of fused-ring (bicyclic) bond motifs is 1. The number of hydrogen-bond donors (Lipinski definition) is 1. The summed E-state index contributed by atoms with van der Waals surface area (Å²) in [5.41, 5.74) is 0.968. The quantitative estimate of drug-likeness (QED) is 0.874. The van der Waals surface area contributed by atoms with Crippen molar-refractivity contribution in [1.29, 1.82) is 0 Å². The number of amides is 1. The minimum absolute atomic E-state index is 0.0444. The van der Waals surface area contributed by atoms with Gasteiger partial charge in [0.1, 0.15) is 5.75 Å². The van der Waals surface area contributed by atoms with Crippen molar-refractivity contribution in [2.24, 2.45) is 0 Å². The van der Waals surface area contributed by atoms with Gasteiger partial charge in [0.25, 0.3) is 0 Å². The first-order valence-electron chi connectivity index (χ1n) is 8.57. The lowest BCUT2D eigenvalue weighted by Gasteiger charge is -2.18. The first-order valence-corrected chi connectivity index (χ1v) is 8.95. The van der Waals surface area contributed by atoms with Gasteiger partial charge in [-0.25, -0.2) is 0 Å². The normalized spacial score (nSPS) is 16.9. The number of aryl methyl sites for hydroxylation is 1. The molecule has 134 valence electrons. The van der Waals surface area contributed by atoms with Gasteiger partial charge in [-0.3, -0.25) is 4.79 Å². The molecule has 0 bridgehead atoms. The van der Waals surface area contributed by atoms with E-state index in [4.69, 9.17) is 20.9 Å². The SMILES string of the molecule is CC(C)c1noc(CCC(=O)NC2CCCOc3cc(Cl)ccc32)n1. The van der Waals surface area contributed by atoms with Crippen molar-refractivity contribution in [1.82, 2.24) is 15.5 Å². The van der Waals surface area contributed by atoms with E-state index in [0.29, 0.717) is 36.2 Å². The molecule has 0 saturated carbocycles. The second-order valence-electron chi connectivity index (χ2n) is 6.49. The van der Waals surface area contributed by atoms with Gasteiger partial charge in [0.05, 0.1) is 12.6 Å². The van der Waals surface area contributed by atoms with Gasteiger partial charge < -0.3 is 14.6 Å². The predicted octanol–water partition coefficient (Wildman–Crippen LogP) is 3.81. The number of halogens is 1. The molecule has 2 heterocycles. The van der Waals surface area contributed by atoms with Crippen LogP contribution in [0.5, 0.6) is 5.75 Å². The number of nitrogens with one attached hydrogen (secondary N) is 1. The van der Waals surface area contributed by atoms with Crippen molar-refractivity contribution in [3.05, 3.63) is 40.5 Å². The maximum Gasteiger partial charge on any atom is 0.227 e. The number of aromatic nitrogens is 2. The Morgan fingerprint density at radius 3 is 3.04 bits per heavy atom. The van der Waals surface area contributed by atoms with E-state index in [-0.39, 0.29) is 17.9 Å². The van der Waals surface area contributed by atoms with Crippen LogP contribution in [0.4, 0.5) is 0 Å². The standard InChI is InChI=1S/C18H22ClN3O3/c1-11(2)18-21-17(25-22-18)8-7-16(23)20-14-4-3-9-24-15-10-12(19)5-6-13(14)15/h5-6,10-11,14H,3-4,7-9H2,1-2H3,(H,20,23). The van der Waals surface area contributed by atoms with E-state index < -0.39 is 0 Å². The Hall–Kier alpha value is -2.08. The molecule has 25 heavy (non-hydrogen) atoms. The average molecular weight is 364 g/mol. The molecule has 0 radical (unpaired) electrons. The van der Waals surface area contributed by atoms with Crippen LogP contribution in [0.3, 0.4) is 0 Å². The lowest BCUT2D eigenvalue weighted by Crippen LogP contribution is -2.28. The molecule has 1 unspecified atom stereocenters. The molecule has 1 aromatic carbocycles. The minimum Gasteiger partial charge on any atom is -0.493 e. The van der Waals surface area contributed by atoms with Gasteiger partial charge in [0, 0.05) is 29.3 Å². The molecule has 0 saturated heterocycles. The molecule has 1 aromatic heterocycles. The number of benzene rings is 1. The number of nitrogens with zero attached hydrogens (tertiary/aromatic N) is 2. The Balaban J connectivity index is 1.60. The highest BCUT2D eigenvalue weighted by molar-refractivity contribution is 6.30. The van der Waals surface area contributed by atoms with Crippen LogP contribution in [0.1, 0.15) is 62.3 Å². The fourth-order valence-corrected chi connectivity index (χ4v) is 2.95. The molecule has 6 nitrogen and oxygen atoms in total. The van der Waals surface area contributed by atoms with E-state index in [1.807, 2.05) is 26.0 Å². The highest BCUT2D eigenvalue weighted by Gasteiger charge is 2.22. The van der Waals surface area contributed by atoms with Crippen LogP contribution in [0.2, 0.25) is 5.02 Å². The van der Waals surface area contributed by atoms with Crippen LogP contribution in [0.25, 0.3) is 0 Å². The Morgan fingerprint density at radius 1 is 1.44 bits per heavy atom. The molecule has 2 aromatic rings. The third-order valence-electron chi connectivity index (χ3n) is 4.15. The lowest BCUT2D eigenvalue weighted by molar-refractivity contribution is -0.121. The summed E-state index contributed by atoms with van der Waals surface area (Å²) < 4.78 is 10.9. The first kappa shape index (κ1) is 17.7. The number of carbonyl (C=O) groups excluding carboxylic acids is 1. The number of rotatable bonds is 5. The summed E-state index contributed by atoms with van der Waals surface area (Å²) in [5.74, 6) is 2.07. The monoisotopic (exact) mass is 363 g/mol. The molecule has 3 rings (SSSR count). The minimum atomic E-state index is -0.0730. The van der Waals surface area contributed by atoms with Gasteiger partial charge in [-0.15, -0.1) is 0 Å². The predicted molar refractivity (Wildman–Crippen MR) is 93.8 cm³/mol. The van der Waals surface area contributed by atoms with Gasteiger partial charge in [0.2, 0.25) is 11.8 Å². The zero-order valence-corrected chi connectivity index (χ0v) is 15.2. The highest BCUT2D eigenvalue weighted by atomic mass is 35.5. The van der Waals surface area contributed by atoms with Crippen LogP contribution < -0.4 is 10.1 Å². The van der Waals surface area contributed by atoms with Gasteiger partial charge >= 0.3 is 0 Å². The lowest BCUT2D eigenvalue weighted by atomic mass is 10.0. The van der Waals surface area contributed by atoms with E-state index in [1.165, 1.54) is 0 Å². The van der Waals surface area contributed by atoms with E-state index in [9.17, 15) is 4.79 Å². The van der Waals surface area contributed by atoms with Crippen molar-refractivity contribution < 1.29 is 14.1 Å². The molecule has 1 N–H and O–H groups in total. The summed E-state index contributed by atoms with van der Waals surface area (Å²) in [5, 5.41) is 7.62. The van der Waals surface area contributed by atoms with Crippen LogP contribution in [0.15, 0.2) is 22.7 Å². The zero-order valence-electron chi connectivity index (χ0n) is 14.4. The highest BCUT2D eigenvalue weighted by Crippen LogP contribution is 2.33. The Morgan fingerprint density at radius 2 is 2.28 bits per heavy atom. The summed E-state index contributed by atoms with van der Waals surface area (Å²) in [6.45, 7) is 4.62. The molecule has 7 heteroatoms. The van der Waals surface area contributed by atoms with Crippen LogP contribution in [0, 0.1) is 0 Å². The third kappa shape index (κ3) is 4.51. The number of hydrogen-bond acceptors (Lipinski definition) is 5. The van der Waals surface area contributed by atoms with Crippen molar-refractivity contribution in [2.45, 2.75) is 51.5 Å². The Bertz CT molecular complexity index is 745. The molecular formula is C18H22ClN3O3. The fourth-order valence-electron chi connectivity index (χ4n) is 2.79. The smallest absolute Gasteiger partial charge is 0.227 e. The topological polar surface area (TPSA) is 77.2 Å².